The third kappa shape index (κ3) is 259. The minimum atomic E-state index is 0. The molecule has 0 aliphatic rings. The molecule has 0 unspecified atom stereocenters. The van der Waals surface area contributed by atoms with Crippen LogP contribution in [0.3, 0.4) is 0 Å². The van der Waals surface area contributed by atoms with Gasteiger partial charge < -0.3 is 49.3 Å². The van der Waals surface area contributed by atoms with Gasteiger partial charge in [0.15, 0.2) is 0 Å². The zero-order valence-electron chi connectivity index (χ0n) is 7.07. The predicted molar refractivity (Wildman–Crippen MR) is 36.4 cm³/mol. The van der Waals surface area contributed by atoms with Gasteiger partial charge in [0.25, 0.3) is 0 Å². The van der Waals surface area contributed by atoms with Crippen LogP contribution in [0.15, 0.2) is 0 Å². The van der Waals surface area contributed by atoms with Gasteiger partial charge in [0, 0.05) is 0 Å². The molecule has 0 fully saturated rings. The van der Waals surface area contributed by atoms with Gasteiger partial charge in [-0.3, -0.25) is 0 Å². The molecule has 13 heteroatoms. The van der Waals surface area contributed by atoms with E-state index in [9.17, 15) is 0 Å². The second-order valence-electron chi connectivity index (χ2n) is 0. The third-order valence-electron chi connectivity index (χ3n) is 0. The molecule has 13 heavy (non-hydrogen) atoms. The fourth-order valence-electron chi connectivity index (χ4n) is 0. The largest absolute Gasteiger partial charge is 3.00 e. The van der Waals surface area contributed by atoms with E-state index in [2.05, 4.69) is 0 Å². The summed E-state index contributed by atoms with van der Waals surface area (Å²) in [5.41, 5.74) is 0. The van der Waals surface area contributed by atoms with Crippen LogP contribution in [0.4, 0.5) is 0 Å². The van der Waals surface area contributed by atoms with Crippen LogP contribution in [0.1, 0.15) is 0 Å². The van der Waals surface area contributed by atoms with Crippen molar-refractivity contribution < 1.29 is 78.8 Å². The first-order chi connectivity index (χ1) is 0. The van der Waals surface area contributed by atoms with E-state index < -0.39 is 0 Å². The SMILES string of the molecule is O.[Al+3].[Ca+2].[Mg+2].[Na+].[OH-].[OH-].[OH-].[OH-].[OH-].[OH-].[OH-].[OH-]. The smallest absolute Gasteiger partial charge is 0.870 e. The normalized spacial score (nSPS) is 0. The van der Waals surface area contributed by atoms with Crippen LogP contribution in [0.25, 0.3) is 0 Å². The zero-order chi connectivity index (χ0) is 0. The van der Waals surface area contributed by atoms with Crippen molar-refractivity contribution in [3.63, 3.8) is 0 Å². The first-order valence-electron chi connectivity index (χ1n) is 0. The summed E-state index contributed by atoms with van der Waals surface area (Å²) in [5, 5.41) is 0. The van der Waals surface area contributed by atoms with Crippen molar-refractivity contribution in [2.24, 2.45) is 0 Å². The second kappa shape index (κ2) is 300. The second-order valence-corrected chi connectivity index (χ2v) is 0. The Bertz CT molecular complexity index is 19.6. The standard InChI is InChI=1S/Al.Ca.Mg.Na.9H2O/h;;;;9*1H2/q+3;2*+2;+1;;;;;;;;;/p-8. The topological polar surface area (TPSA) is 272 Å². The van der Waals surface area contributed by atoms with E-state index in [0.29, 0.717) is 0 Å². The van der Waals surface area contributed by atoms with Crippen molar-refractivity contribution in [1.29, 1.82) is 0 Å². The summed E-state index contributed by atoms with van der Waals surface area (Å²) in [6.45, 7) is 0. The van der Waals surface area contributed by atoms with Gasteiger partial charge in [0.05, 0.1) is 0 Å². The van der Waals surface area contributed by atoms with Crippen molar-refractivity contribution >= 4 is 78.2 Å². The molecule has 9 nitrogen and oxygen atoms in total. The van der Waals surface area contributed by atoms with Crippen molar-refractivity contribution in [2.75, 3.05) is 0 Å². The summed E-state index contributed by atoms with van der Waals surface area (Å²) in [6, 6.07) is 0. The summed E-state index contributed by atoms with van der Waals surface area (Å²) in [4.78, 5) is 0. The molecule has 0 aromatic rings. The monoisotopic (exact) mass is 268 g/mol. The number of rotatable bonds is 0. The molecule has 0 aliphatic carbocycles. The van der Waals surface area contributed by atoms with E-state index in [1.165, 1.54) is 0 Å². The molecule has 0 radical (unpaired) electrons. The van der Waals surface area contributed by atoms with Crippen molar-refractivity contribution in [1.82, 2.24) is 0 Å². The Morgan fingerprint density at radius 1 is 0.462 bits per heavy atom. The van der Waals surface area contributed by atoms with Gasteiger partial charge in [-0.25, -0.2) is 0 Å². The van der Waals surface area contributed by atoms with Gasteiger partial charge >= 0.3 is 108 Å². The van der Waals surface area contributed by atoms with Gasteiger partial charge in [-0.2, -0.15) is 0 Å². The first-order valence-corrected chi connectivity index (χ1v) is 0. The van der Waals surface area contributed by atoms with Crippen LogP contribution in [0.5, 0.6) is 0 Å². The van der Waals surface area contributed by atoms with Crippen molar-refractivity contribution in [2.45, 2.75) is 0 Å². The molecule has 72 valence electrons. The average molecular weight is 268 g/mol. The minimum Gasteiger partial charge on any atom is -0.870 e. The van der Waals surface area contributed by atoms with E-state index in [0.717, 1.165) is 0 Å². The van der Waals surface area contributed by atoms with E-state index in [1.54, 1.807) is 0 Å². The molecule has 0 aromatic heterocycles. The van der Waals surface area contributed by atoms with E-state index in [-0.39, 0.29) is 157 Å². The molecule has 0 aromatic carbocycles. The van der Waals surface area contributed by atoms with Gasteiger partial charge in [-0.05, 0) is 0 Å². The fourth-order valence-corrected chi connectivity index (χ4v) is 0. The molecule has 0 saturated heterocycles. The van der Waals surface area contributed by atoms with Crippen LogP contribution >= 0.6 is 0 Å². The van der Waals surface area contributed by atoms with Gasteiger partial charge in [-0.1, -0.05) is 0 Å². The molecule has 0 rings (SSSR count). The van der Waals surface area contributed by atoms with Gasteiger partial charge in [0.1, 0.15) is 0 Å². The van der Waals surface area contributed by atoms with Crippen LogP contribution < -0.4 is 29.6 Å². The van der Waals surface area contributed by atoms with Crippen LogP contribution in [0, 0.1) is 0 Å². The molecule has 0 atom stereocenters. The van der Waals surface area contributed by atoms with Crippen molar-refractivity contribution in [3.05, 3.63) is 0 Å². The summed E-state index contributed by atoms with van der Waals surface area (Å²) in [7, 11) is 0. The van der Waals surface area contributed by atoms with Gasteiger partial charge in [-0.15, -0.1) is 0 Å². The minimum absolute atomic E-state index is 0. The van der Waals surface area contributed by atoms with E-state index in [4.69, 9.17) is 0 Å². The molecule has 0 aliphatic heterocycles. The third-order valence-corrected chi connectivity index (χ3v) is 0. The maximum absolute atomic E-state index is 0. The quantitative estimate of drug-likeness (QED) is 0.379. The fraction of sp³-hybridized carbons (Fsp3) is 0. The van der Waals surface area contributed by atoms with E-state index >= 15 is 0 Å². The predicted octanol–water partition coefficient (Wildman–Crippen LogP) is -6.38. The summed E-state index contributed by atoms with van der Waals surface area (Å²) in [5.74, 6) is 0. The number of hydrogen-bond acceptors (Lipinski definition) is 8. The molecular formula is H10AlCaMgNaO9. The Morgan fingerprint density at radius 2 is 0.462 bits per heavy atom. The van der Waals surface area contributed by atoms with Gasteiger partial charge in [0.2, 0.25) is 0 Å². The Hall–Kier alpha value is 3.20. The molecule has 0 spiro atoms. The molecule has 10 N–H and O–H groups in total. The zero-order valence-corrected chi connectivity index (χ0v) is 13.8. The molecule has 0 heterocycles. The molecule has 0 bridgehead atoms. The Labute approximate surface area is 154 Å². The summed E-state index contributed by atoms with van der Waals surface area (Å²) < 4.78 is 0. The Balaban J connectivity index is 0. The Morgan fingerprint density at radius 3 is 0.462 bits per heavy atom. The molecular weight excluding hydrogens is 258 g/mol. The summed E-state index contributed by atoms with van der Waals surface area (Å²) >= 11 is 0. The van der Waals surface area contributed by atoms with Crippen LogP contribution in [0.2, 0.25) is 0 Å². The van der Waals surface area contributed by atoms with Crippen LogP contribution in [-0.2, 0) is 0 Å². The average Bonchev–Trinajstić information content (AvgIpc) is 0. The van der Waals surface area contributed by atoms with Crippen molar-refractivity contribution in [3.8, 4) is 0 Å². The molecule has 0 amide bonds. The number of hydrogen-bond donors (Lipinski definition) is 0. The Kier molecular flexibility index (Phi) is 8430. The molecule has 0 saturated carbocycles. The maximum atomic E-state index is 0. The first kappa shape index (κ1) is 366. The summed E-state index contributed by atoms with van der Waals surface area (Å²) in [6.07, 6.45) is 0. The van der Waals surface area contributed by atoms with E-state index in [1.807, 2.05) is 0 Å². The van der Waals surface area contributed by atoms with Crippen LogP contribution in [-0.4, -0.2) is 127 Å². The maximum Gasteiger partial charge on any atom is 3.00 e.